The molecule has 4 rings (SSSR count). The number of amides is 1. The molecule has 1 saturated heterocycles. The lowest BCUT2D eigenvalue weighted by molar-refractivity contribution is -0.130. The highest BCUT2D eigenvalue weighted by molar-refractivity contribution is 7.89. The molecule has 0 aliphatic carbocycles. The molecule has 0 atom stereocenters. The quantitative estimate of drug-likeness (QED) is 0.685. The van der Waals surface area contributed by atoms with E-state index in [0.29, 0.717) is 24.3 Å². The topological polar surface area (TPSA) is 76.1 Å². The van der Waals surface area contributed by atoms with Crippen molar-refractivity contribution in [2.45, 2.75) is 37.1 Å². The van der Waals surface area contributed by atoms with Gasteiger partial charge in [0.25, 0.3) is 0 Å². The number of hydrogen-bond acceptors (Lipinski definition) is 5. The van der Waals surface area contributed by atoms with Crippen molar-refractivity contribution >= 4 is 15.9 Å². The zero-order chi connectivity index (χ0) is 21.8. The summed E-state index contributed by atoms with van der Waals surface area (Å²) in [7, 11) is -2.19. The van der Waals surface area contributed by atoms with Crippen molar-refractivity contribution in [3.63, 3.8) is 0 Å². The Morgan fingerprint density at radius 2 is 1.90 bits per heavy atom. The Morgan fingerprint density at radius 3 is 2.68 bits per heavy atom. The fourth-order valence-electron chi connectivity index (χ4n) is 4.07. The Morgan fingerprint density at radius 1 is 1.10 bits per heavy atom. The van der Waals surface area contributed by atoms with E-state index in [9.17, 15) is 13.2 Å². The number of benzene rings is 2. The summed E-state index contributed by atoms with van der Waals surface area (Å²) in [6.45, 7) is 2.48. The van der Waals surface area contributed by atoms with E-state index in [-0.39, 0.29) is 30.5 Å². The molecule has 0 radical (unpaired) electrons. The number of sulfonamides is 1. The van der Waals surface area contributed by atoms with Crippen LogP contribution in [0.3, 0.4) is 0 Å². The highest BCUT2D eigenvalue weighted by Crippen LogP contribution is 2.29. The number of fused-ring (bicyclic) bond motifs is 1. The van der Waals surface area contributed by atoms with Crippen LogP contribution >= 0.6 is 0 Å². The van der Waals surface area contributed by atoms with Crippen molar-refractivity contribution in [2.75, 3.05) is 33.4 Å². The van der Waals surface area contributed by atoms with Gasteiger partial charge in [-0.2, -0.15) is 4.31 Å². The van der Waals surface area contributed by atoms with Crippen molar-refractivity contribution in [3.8, 4) is 11.5 Å². The van der Waals surface area contributed by atoms with Gasteiger partial charge in [-0.25, -0.2) is 8.42 Å². The lowest BCUT2D eigenvalue weighted by atomic mass is 10.0. The Balaban J connectivity index is 1.50. The second-order valence-corrected chi connectivity index (χ2v) is 9.83. The highest BCUT2D eigenvalue weighted by Gasteiger charge is 2.28. The van der Waals surface area contributed by atoms with E-state index in [0.717, 1.165) is 37.1 Å². The lowest BCUT2D eigenvalue weighted by Crippen LogP contribution is -2.32. The van der Waals surface area contributed by atoms with Gasteiger partial charge in [0.2, 0.25) is 15.9 Å². The van der Waals surface area contributed by atoms with Gasteiger partial charge in [0.05, 0.1) is 12.0 Å². The van der Waals surface area contributed by atoms with E-state index >= 15 is 0 Å². The van der Waals surface area contributed by atoms with E-state index in [1.54, 1.807) is 18.2 Å². The summed E-state index contributed by atoms with van der Waals surface area (Å²) in [6.07, 6.45) is 3.26. The summed E-state index contributed by atoms with van der Waals surface area (Å²) in [4.78, 5) is 14.5. The first-order valence-electron chi connectivity index (χ1n) is 10.6. The molecular weight excluding hydrogens is 416 g/mol. The minimum atomic E-state index is -3.70. The van der Waals surface area contributed by atoms with Crippen LogP contribution in [0.5, 0.6) is 11.5 Å². The van der Waals surface area contributed by atoms with Gasteiger partial charge in [-0.1, -0.05) is 18.2 Å². The molecule has 2 aromatic carbocycles. The number of carbonyl (C=O) groups excluding carboxylic acids is 1. The Bertz CT molecular complexity index is 1050. The zero-order valence-electron chi connectivity index (χ0n) is 17.7. The maximum atomic E-state index is 13.2. The van der Waals surface area contributed by atoms with Gasteiger partial charge in [-0.15, -0.1) is 0 Å². The monoisotopic (exact) mass is 444 g/mol. The highest BCUT2D eigenvalue weighted by atomic mass is 32.2. The Labute approximate surface area is 183 Å². The minimum Gasteiger partial charge on any atom is -0.497 e. The number of ether oxygens (including phenoxy) is 2. The third-order valence-electron chi connectivity index (χ3n) is 5.84. The number of rotatable bonds is 6. The largest absolute Gasteiger partial charge is 0.497 e. The first-order chi connectivity index (χ1) is 15.0. The van der Waals surface area contributed by atoms with Crippen LogP contribution in [0.4, 0.5) is 0 Å². The van der Waals surface area contributed by atoms with Crippen molar-refractivity contribution in [1.82, 2.24) is 9.21 Å². The molecule has 0 unspecified atom stereocenters. The summed E-state index contributed by atoms with van der Waals surface area (Å²) in [6, 6.07) is 12.3. The number of hydrogen-bond donors (Lipinski definition) is 0. The van der Waals surface area contributed by atoms with E-state index in [1.165, 1.54) is 17.5 Å². The molecule has 7 nitrogen and oxygen atoms in total. The summed E-state index contributed by atoms with van der Waals surface area (Å²) in [5.41, 5.74) is 1.82. The molecule has 1 amide bonds. The summed E-state index contributed by atoms with van der Waals surface area (Å²) >= 11 is 0. The molecule has 0 spiro atoms. The molecule has 1 fully saturated rings. The van der Waals surface area contributed by atoms with E-state index in [2.05, 4.69) is 0 Å². The van der Waals surface area contributed by atoms with Crippen molar-refractivity contribution < 1.29 is 22.7 Å². The van der Waals surface area contributed by atoms with E-state index in [1.807, 2.05) is 23.1 Å². The van der Waals surface area contributed by atoms with Crippen LogP contribution in [-0.4, -0.2) is 56.9 Å². The van der Waals surface area contributed by atoms with Gasteiger partial charge < -0.3 is 14.4 Å². The summed E-state index contributed by atoms with van der Waals surface area (Å²) < 4.78 is 38.9. The molecule has 0 aromatic heterocycles. The van der Waals surface area contributed by atoms with Crippen LogP contribution in [0.1, 0.15) is 30.4 Å². The number of likely N-dealkylation sites (tertiary alicyclic amines) is 1. The van der Waals surface area contributed by atoms with Crippen molar-refractivity contribution in [3.05, 3.63) is 53.6 Å². The van der Waals surface area contributed by atoms with Crippen LogP contribution in [-0.2, 0) is 27.8 Å². The maximum absolute atomic E-state index is 13.2. The van der Waals surface area contributed by atoms with E-state index < -0.39 is 10.0 Å². The standard InChI is InChI=1S/C23H28N2O5S/c1-29-20-5-4-6-21(16-20)31(27,28)25-13-14-30-22-9-7-18(15-19(22)17-25)8-10-23(26)24-11-2-3-12-24/h4-7,9,15-16H,2-3,8,10-14,17H2,1H3. The molecule has 0 bridgehead atoms. The summed E-state index contributed by atoms with van der Waals surface area (Å²) in [5, 5.41) is 0. The van der Waals surface area contributed by atoms with Gasteiger partial charge in [-0.3, -0.25) is 4.79 Å². The molecule has 166 valence electrons. The second kappa shape index (κ2) is 9.28. The van der Waals surface area contributed by atoms with Crippen LogP contribution in [0.2, 0.25) is 0 Å². The molecule has 2 aliphatic rings. The smallest absolute Gasteiger partial charge is 0.243 e. The van der Waals surface area contributed by atoms with Gasteiger partial charge in [0.1, 0.15) is 18.1 Å². The number of carbonyl (C=O) groups is 1. The molecule has 2 aromatic rings. The molecule has 8 heteroatoms. The molecule has 2 aliphatic heterocycles. The average molecular weight is 445 g/mol. The van der Waals surface area contributed by atoms with Crippen molar-refractivity contribution in [2.24, 2.45) is 0 Å². The Hall–Kier alpha value is -2.58. The lowest BCUT2D eigenvalue weighted by Gasteiger charge is -2.20. The van der Waals surface area contributed by atoms with Gasteiger partial charge in [-0.05, 0) is 43.0 Å². The SMILES string of the molecule is COc1cccc(S(=O)(=O)N2CCOc3ccc(CCC(=O)N4CCCC4)cc3C2)c1. The summed E-state index contributed by atoms with van der Waals surface area (Å²) in [5.74, 6) is 1.38. The fourth-order valence-corrected chi connectivity index (χ4v) is 5.51. The Kier molecular flexibility index (Phi) is 6.48. The average Bonchev–Trinajstić information content (AvgIpc) is 3.24. The maximum Gasteiger partial charge on any atom is 0.243 e. The van der Waals surface area contributed by atoms with E-state index in [4.69, 9.17) is 9.47 Å². The number of methoxy groups -OCH3 is 1. The predicted molar refractivity (Wildman–Crippen MR) is 117 cm³/mol. The number of aryl methyl sites for hydroxylation is 1. The molecule has 2 heterocycles. The fraction of sp³-hybridized carbons (Fsp3) is 0.435. The molecular formula is C23H28N2O5S. The van der Waals surface area contributed by atoms with Crippen LogP contribution < -0.4 is 9.47 Å². The second-order valence-electron chi connectivity index (χ2n) is 7.90. The first-order valence-corrected chi connectivity index (χ1v) is 12.1. The van der Waals surface area contributed by atoms with Crippen LogP contribution in [0.15, 0.2) is 47.4 Å². The normalized spacial score (nSPS) is 17.0. The van der Waals surface area contributed by atoms with Crippen molar-refractivity contribution in [1.29, 1.82) is 0 Å². The molecule has 31 heavy (non-hydrogen) atoms. The van der Waals surface area contributed by atoms with Crippen LogP contribution in [0, 0.1) is 0 Å². The van der Waals surface area contributed by atoms with Gasteiger partial charge in [0, 0.05) is 44.2 Å². The van der Waals surface area contributed by atoms with Gasteiger partial charge >= 0.3 is 0 Å². The van der Waals surface area contributed by atoms with Gasteiger partial charge in [0.15, 0.2) is 0 Å². The zero-order valence-corrected chi connectivity index (χ0v) is 18.6. The third kappa shape index (κ3) is 4.85. The number of nitrogens with zero attached hydrogens (tertiary/aromatic N) is 2. The predicted octanol–water partition coefficient (Wildman–Crippen LogP) is 2.83. The van der Waals surface area contributed by atoms with Crippen LogP contribution in [0.25, 0.3) is 0 Å². The minimum absolute atomic E-state index is 0.186. The third-order valence-corrected chi connectivity index (χ3v) is 7.68. The molecule has 0 N–H and O–H groups in total. The molecule has 0 saturated carbocycles. The first kappa shape index (κ1) is 21.6.